The van der Waals surface area contributed by atoms with Crippen LogP contribution in [0.1, 0.15) is 17.4 Å². The zero-order chi connectivity index (χ0) is 13.6. The van der Waals surface area contributed by atoms with Crippen molar-refractivity contribution in [1.82, 2.24) is 15.5 Å². The number of aliphatic hydroxyl groups excluding tert-OH is 1. The summed E-state index contributed by atoms with van der Waals surface area (Å²) in [6.45, 7) is 0.275. The Morgan fingerprint density at radius 2 is 1.74 bits per heavy atom. The van der Waals surface area contributed by atoms with Gasteiger partial charge in [-0.1, -0.05) is 24.3 Å². The van der Waals surface area contributed by atoms with Crippen molar-refractivity contribution < 1.29 is 19.5 Å². The minimum atomic E-state index is -1.21. The van der Waals surface area contributed by atoms with Gasteiger partial charge in [0.25, 0.3) is 11.8 Å². The molecule has 1 saturated heterocycles. The molecule has 0 aliphatic carbocycles. The van der Waals surface area contributed by atoms with E-state index in [0.29, 0.717) is 5.56 Å². The lowest BCUT2D eigenvalue weighted by Gasteiger charge is -2.30. The maximum atomic E-state index is 11.8. The predicted molar refractivity (Wildman–Crippen MR) is 62.4 cm³/mol. The molecule has 0 radical (unpaired) electrons. The Kier molecular flexibility index (Phi) is 2.58. The topological polar surface area (TPSA) is 98.7 Å². The maximum absolute atomic E-state index is 11.8. The van der Waals surface area contributed by atoms with E-state index in [0.717, 1.165) is 5.56 Å². The average molecular weight is 261 g/mol. The van der Waals surface area contributed by atoms with Gasteiger partial charge in [0.2, 0.25) is 0 Å². The average Bonchev–Trinajstić information content (AvgIpc) is 2.66. The highest BCUT2D eigenvalue weighted by molar-refractivity contribution is 6.18. The molecule has 2 aliphatic rings. The summed E-state index contributed by atoms with van der Waals surface area (Å²) in [6, 6.07) is 5.11. The van der Waals surface area contributed by atoms with Crippen LogP contribution < -0.4 is 10.6 Å². The van der Waals surface area contributed by atoms with Crippen molar-refractivity contribution in [2.45, 2.75) is 18.8 Å². The molecule has 1 aromatic carbocycles. The number of barbiturate groups is 1. The minimum Gasteiger partial charge on any atom is -0.374 e. The number of amides is 4. The number of benzene rings is 1. The Balaban J connectivity index is 1.91. The van der Waals surface area contributed by atoms with Gasteiger partial charge < -0.3 is 5.11 Å². The van der Waals surface area contributed by atoms with Crippen LogP contribution in [0, 0.1) is 0 Å². The van der Waals surface area contributed by atoms with Crippen LogP contribution in [-0.4, -0.2) is 33.9 Å². The van der Waals surface area contributed by atoms with Crippen molar-refractivity contribution in [3.05, 3.63) is 35.4 Å². The third-order valence-electron chi connectivity index (χ3n) is 3.30. The van der Waals surface area contributed by atoms with Gasteiger partial charge in [0.05, 0.1) is 0 Å². The quantitative estimate of drug-likeness (QED) is 0.576. The van der Waals surface area contributed by atoms with E-state index in [1.165, 1.54) is 4.90 Å². The molecular weight excluding hydrogens is 250 g/mol. The predicted octanol–water partition coefficient (Wildman–Crippen LogP) is -0.772. The van der Waals surface area contributed by atoms with Crippen molar-refractivity contribution in [1.29, 1.82) is 0 Å². The van der Waals surface area contributed by atoms with E-state index < -0.39 is 30.1 Å². The van der Waals surface area contributed by atoms with Gasteiger partial charge in [-0.3, -0.25) is 25.1 Å². The molecule has 0 aromatic heterocycles. The van der Waals surface area contributed by atoms with E-state index >= 15 is 0 Å². The highest BCUT2D eigenvalue weighted by atomic mass is 16.3. The molecule has 7 heteroatoms. The Hall–Kier alpha value is -2.25. The number of nitrogens with zero attached hydrogens (tertiary/aromatic N) is 1. The van der Waals surface area contributed by atoms with Crippen molar-refractivity contribution in [2.24, 2.45) is 0 Å². The summed E-state index contributed by atoms with van der Waals surface area (Å²) >= 11 is 0. The van der Waals surface area contributed by atoms with Crippen LogP contribution in [0.3, 0.4) is 0 Å². The van der Waals surface area contributed by atoms with Crippen LogP contribution >= 0.6 is 0 Å². The number of rotatable bonds is 1. The number of fused-ring (bicyclic) bond motifs is 1. The fraction of sp³-hybridized carbons (Fsp3) is 0.250. The fourth-order valence-electron chi connectivity index (χ4n) is 2.44. The first-order chi connectivity index (χ1) is 9.08. The van der Waals surface area contributed by atoms with Crippen LogP contribution in [0.15, 0.2) is 24.3 Å². The fourth-order valence-corrected chi connectivity index (χ4v) is 2.44. The van der Waals surface area contributed by atoms with Crippen LogP contribution in [-0.2, 0) is 16.1 Å². The molecule has 0 bridgehead atoms. The number of urea groups is 1. The van der Waals surface area contributed by atoms with Crippen molar-refractivity contribution in [3.63, 3.8) is 0 Å². The molecule has 1 fully saturated rings. The second-order valence-corrected chi connectivity index (χ2v) is 4.45. The lowest BCUT2D eigenvalue weighted by Crippen LogP contribution is -2.63. The summed E-state index contributed by atoms with van der Waals surface area (Å²) in [6.07, 6.45) is -1.04. The van der Waals surface area contributed by atoms with Gasteiger partial charge in [-0.05, 0) is 11.1 Å². The van der Waals surface area contributed by atoms with Crippen molar-refractivity contribution in [2.75, 3.05) is 0 Å². The Morgan fingerprint density at radius 3 is 2.37 bits per heavy atom. The summed E-state index contributed by atoms with van der Waals surface area (Å²) in [5, 5.41) is 14.2. The second-order valence-electron chi connectivity index (χ2n) is 4.45. The molecule has 19 heavy (non-hydrogen) atoms. The molecule has 2 heterocycles. The Morgan fingerprint density at radius 1 is 1.11 bits per heavy atom. The molecule has 0 saturated carbocycles. The number of carbonyl (C=O) groups excluding carboxylic acids is 3. The smallest absolute Gasteiger partial charge is 0.328 e. The third-order valence-corrected chi connectivity index (χ3v) is 3.30. The number of hydrogen-bond acceptors (Lipinski definition) is 5. The Labute approximate surface area is 108 Å². The molecule has 3 N–H and O–H groups in total. The normalized spacial score (nSPS) is 24.1. The lowest BCUT2D eigenvalue weighted by molar-refractivity contribution is -0.144. The minimum absolute atomic E-state index is 0.275. The molecule has 1 atom stereocenters. The molecule has 3 rings (SSSR count). The van der Waals surface area contributed by atoms with Gasteiger partial charge in [-0.15, -0.1) is 0 Å². The van der Waals surface area contributed by atoms with Gasteiger partial charge in [0, 0.05) is 6.54 Å². The van der Waals surface area contributed by atoms with Gasteiger partial charge in [0.15, 0.2) is 6.04 Å². The molecule has 0 spiro atoms. The third kappa shape index (κ3) is 1.79. The van der Waals surface area contributed by atoms with Gasteiger partial charge >= 0.3 is 6.03 Å². The zero-order valence-corrected chi connectivity index (χ0v) is 9.79. The van der Waals surface area contributed by atoms with E-state index in [9.17, 15) is 19.5 Å². The monoisotopic (exact) mass is 261 g/mol. The summed E-state index contributed by atoms with van der Waals surface area (Å²) in [7, 11) is 0. The molecule has 4 amide bonds. The van der Waals surface area contributed by atoms with E-state index in [2.05, 4.69) is 0 Å². The largest absolute Gasteiger partial charge is 0.374 e. The van der Waals surface area contributed by atoms with Crippen molar-refractivity contribution in [3.8, 4) is 0 Å². The van der Waals surface area contributed by atoms with E-state index in [-0.39, 0.29) is 6.54 Å². The van der Waals surface area contributed by atoms with E-state index in [4.69, 9.17) is 0 Å². The number of aliphatic hydroxyl groups is 1. The lowest BCUT2D eigenvalue weighted by atomic mass is 10.1. The maximum Gasteiger partial charge on any atom is 0.328 e. The highest BCUT2D eigenvalue weighted by Gasteiger charge is 2.44. The van der Waals surface area contributed by atoms with E-state index in [1.807, 2.05) is 22.8 Å². The van der Waals surface area contributed by atoms with Crippen LogP contribution in [0.2, 0.25) is 0 Å². The first-order valence-corrected chi connectivity index (χ1v) is 5.75. The van der Waals surface area contributed by atoms with Crippen molar-refractivity contribution >= 4 is 17.8 Å². The van der Waals surface area contributed by atoms with Crippen LogP contribution in [0.5, 0.6) is 0 Å². The standard InChI is InChI=1S/C12H11N3O4/c16-9-8(10(17)14-12(19)13-9)15-5-6-3-1-2-4-7(6)11(15)18/h1-4,8,11,18H,5H2,(H2,13,14,16,17,19). The molecular formula is C12H11N3O4. The summed E-state index contributed by atoms with van der Waals surface area (Å²) in [5.41, 5.74) is 1.52. The number of nitrogens with one attached hydrogen (secondary N) is 2. The highest BCUT2D eigenvalue weighted by Crippen LogP contribution is 2.33. The van der Waals surface area contributed by atoms with Gasteiger partial charge in [0.1, 0.15) is 6.23 Å². The number of hydrogen-bond donors (Lipinski definition) is 3. The van der Waals surface area contributed by atoms with Gasteiger partial charge in [-0.2, -0.15) is 0 Å². The molecule has 98 valence electrons. The van der Waals surface area contributed by atoms with E-state index in [1.54, 1.807) is 12.1 Å². The molecule has 1 aromatic rings. The summed E-state index contributed by atoms with van der Waals surface area (Å²) in [5.74, 6) is -1.44. The van der Waals surface area contributed by atoms with Gasteiger partial charge in [-0.25, -0.2) is 4.79 Å². The Bertz CT molecular complexity index is 566. The zero-order valence-electron chi connectivity index (χ0n) is 9.79. The van der Waals surface area contributed by atoms with Crippen LogP contribution in [0.25, 0.3) is 0 Å². The summed E-state index contributed by atoms with van der Waals surface area (Å²) < 4.78 is 0. The first kappa shape index (κ1) is 11.8. The molecule has 2 aliphatic heterocycles. The summed E-state index contributed by atoms with van der Waals surface area (Å²) in [4.78, 5) is 35.9. The number of carbonyl (C=O) groups is 3. The van der Waals surface area contributed by atoms with Crippen LogP contribution in [0.4, 0.5) is 4.79 Å². The second kappa shape index (κ2) is 4.15. The molecule has 7 nitrogen and oxygen atoms in total. The SMILES string of the molecule is O=C1NC(=O)C(N2Cc3ccccc3C2O)C(=O)N1. The number of imide groups is 2. The molecule has 1 unspecified atom stereocenters. The first-order valence-electron chi connectivity index (χ1n) is 5.75.